The number of rotatable bonds is 5. The number of imidazole rings is 1. The third kappa shape index (κ3) is 3.25. The minimum atomic E-state index is -0.0783. The van der Waals surface area contributed by atoms with Crippen LogP contribution in [0.2, 0.25) is 0 Å². The first-order chi connectivity index (χ1) is 10.7. The lowest BCUT2D eigenvalue weighted by molar-refractivity contribution is 0.0952. The molecule has 0 aliphatic carbocycles. The quantitative estimate of drug-likeness (QED) is 0.760. The van der Waals surface area contributed by atoms with Gasteiger partial charge in [0.15, 0.2) is 0 Å². The van der Waals surface area contributed by atoms with Crippen molar-refractivity contribution in [1.82, 2.24) is 14.7 Å². The van der Waals surface area contributed by atoms with Gasteiger partial charge in [0.1, 0.15) is 0 Å². The molecule has 2 N–H and O–H groups in total. The first-order valence-electron chi connectivity index (χ1n) is 7.24. The number of hydrogen-bond donors (Lipinski definition) is 2. The van der Waals surface area contributed by atoms with Crippen LogP contribution in [0.25, 0.3) is 5.52 Å². The van der Waals surface area contributed by atoms with E-state index in [9.17, 15) is 4.79 Å². The number of carbonyl (C=O) groups is 1. The van der Waals surface area contributed by atoms with Gasteiger partial charge in [-0.25, -0.2) is 4.98 Å². The number of nitrogens with one attached hydrogen (secondary N) is 2. The van der Waals surface area contributed by atoms with Gasteiger partial charge in [-0.15, -0.1) is 0 Å². The van der Waals surface area contributed by atoms with Crippen molar-refractivity contribution < 1.29 is 4.79 Å². The minimum absolute atomic E-state index is 0.0783. The summed E-state index contributed by atoms with van der Waals surface area (Å²) >= 11 is 0. The van der Waals surface area contributed by atoms with Gasteiger partial charge in [0.05, 0.1) is 18.0 Å². The Morgan fingerprint density at radius 1 is 1.27 bits per heavy atom. The lowest BCUT2D eigenvalue weighted by Gasteiger charge is -2.16. The second-order valence-corrected chi connectivity index (χ2v) is 5.26. The van der Waals surface area contributed by atoms with Crippen molar-refractivity contribution >= 4 is 17.1 Å². The van der Waals surface area contributed by atoms with Crippen molar-refractivity contribution in [2.24, 2.45) is 0 Å². The normalized spacial score (nSPS) is 12.0. The van der Waals surface area contributed by atoms with Gasteiger partial charge in [0.2, 0.25) is 0 Å². The molecule has 0 saturated carbocycles. The molecule has 0 bridgehead atoms. The zero-order valence-corrected chi connectivity index (χ0v) is 12.4. The highest BCUT2D eigenvalue weighted by molar-refractivity contribution is 5.95. The molecule has 0 radical (unpaired) electrons. The summed E-state index contributed by atoms with van der Waals surface area (Å²) in [7, 11) is 0. The molecule has 1 amide bonds. The minimum Gasteiger partial charge on any atom is -0.381 e. The van der Waals surface area contributed by atoms with E-state index in [-0.39, 0.29) is 11.9 Å². The van der Waals surface area contributed by atoms with Crippen LogP contribution in [0.3, 0.4) is 0 Å². The van der Waals surface area contributed by atoms with Crippen LogP contribution in [0.1, 0.15) is 17.3 Å². The highest BCUT2D eigenvalue weighted by atomic mass is 16.1. The third-order valence-electron chi connectivity index (χ3n) is 3.43. The van der Waals surface area contributed by atoms with Crippen LogP contribution >= 0.6 is 0 Å². The predicted octanol–water partition coefficient (Wildman–Crippen LogP) is 2.56. The monoisotopic (exact) mass is 294 g/mol. The van der Waals surface area contributed by atoms with Crippen LogP contribution in [0.5, 0.6) is 0 Å². The lowest BCUT2D eigenvalue weighted by atomic mass is 10.2. The number of nitrogens with zero attached hydrogens (tertiary/aromatic N) is 2. The molecule has 2 heterocycles. The number of fused-ring (bicyclic) bond motifs is 1. The fraction of sp³-hybridized carbons (Fsp3) is 0.176. The molecule has 3 rings (SSSR count). The first-order valence-corrected chi connectivity index (χ1v) is 7.24. The largest absolute Gasteiger partial charge is 0.381 e. The molecule has 5 heteroatoms. The van der Waals surface area contributed by atoms with Gasteiger partial charge in [0, 0.05) is 30.0 Å². The maximum absolute atomic E-state index is 12.2. The van der Waals surface area contributed by atoms with E-state index in [4.69, 9.17) is 0 Å². The molecular formula is C17H18N4O. The second-order valence-electron chi connectivity index (χ2n) is 5.26. The SMILES string of the molecule is C[C@H](CNC(=O)c1ccn2cncc2c1)Nc1ccccc1. The average molecular weight is 294 g/mol. The summed E-state index contributed by atoms with van der Waals surface area (Å²) < 4.78 is 1.87. The van der Waals surface area contributed by atoms with Gasteiger partial charge in [-0.3, -0.25) is 4.79 Å². The van der Waals surface area contributed by atoms with E-state index < -0.39 is 0 Å². The van der Waals surface area contributed by atoms with Crippen molar-refractivity contribution in [3.8, 4) is 0 Å². The molecular weight excluding hydrogens is 276 g/mol. The smallest absolute Gasteiger partial charge is 0.251 e. The summed E-state index contributed by atoms with van der Waals surface area (Å²) in [4.78, 5) is 16.2. The third-order valence-corrected chi connectivity index (χ3v) is 3.43. The van der Waals surface area contributed by atoms with Gasteiger partial charge < -0.3 is 15.0 Å². The molecule has 1 aromatic carbocycles. The molecule has 3 aromatic rings. The Kier molecular flexibility index (Phi) is 4.05. The Labute approximate surface area is 129 Å². The summed E-state index contributed by atoms with van der Waals surface area (Å²) in [5, 5.41) is 6.29. The number of benzene rings is 1. The number of aromatic nitrogens is 2. The van der Waals surface area contributed by atoms with Crippen LogP contribution in [-0.2, 0) is 0 Å². The highest BCUT2D eigenvalue weighted by Crippen LogP contribution is 2.08. The number of amides is 1. The van der Waals surface area contributed by atoms with Gasteiger partial charge in [-0.05, 0) is 31.2 Å². The molecule has 0 spiro atoms. The maximum atomic E-state index is 12.2. The number of carbonyl (C=O) groups excluding carboxylic acids is 1. The van der Waals surface area contributed by atoms with Crippen LogP contribution in [-0.4, -0.2) is 27.9 Å². The zero-order valence-electron chi connectivity index (χ0n) is 12.4. The van der Waals surface area contributed by atoms with E-state index in [1.807, 2.05) is 53.9 Å². The summed E-state index contributed by atoms with van der Waals surface area (Å²) in [5.41, 5.74) is 2.59. The Morgan fingerprint density at radius 3 is 2.91 bits per heavy atom. The molecule has 0 saturated heterocycles. The Bertz CT molecular complexity index is 766. The van der Waals surface area contributed by atoms with Crippen molar-refractivity contribution in [1.29, 1.82) is 0 Å². The van der Waals surface area contributed by atoms with E-state index in [2.05, 4.69) is 15.6 Å². The Balaban J connectivity index is 1.57. The lowest BCUT2D eigenvalue weighted by Crippen LogP contribution is -2.34. The van der Waals surface area contributed by atoms with E-state index in [0.29, 0.717) is 12.1 Å². The van der Waals surface area contributed by atoms with E-state index in [0.717, 1.165) is 11.2 Å². The molecule has 2 aromatic heterocycles. The van der Waals surface area contributed by atoms with Gasteiger partial charge >= 0.3 is 0 Å². The van der Waals surface area contributed by atoms with Crippen molar-refractivity contribution in [3.05, 3.63) is 66.7 Å². The molecule has 5 nitrogen and oxygen atoms in total. The molecule has 0 aliphatic heterocycles. The van der Waals surface area contributed by atoms with E-state index in [1.54, 1.807) is 18.6 Å². The topological polar surface area (TPSA) is 58.4 Å². The number of para-hydroxylation sites is 1. The molecule has 0 fully saturated rings. The van der Waals surface area contributed by atoms with Crippen LogP contribution in [0, 0.1) is 0 Å². The van der Waals surface area contributed by atoms with E-state index >= 15 is 0 Å². The maximum Gasteiger partial charge on any atom is 0.251 e. The second kappa shape index (κ2) is 6.30. The van der Waals surface area contributed by atoms with Crippen LogP contribution < -0.4 is 10.6 Å². The molecule has 0 aliphatic rings. The summed E-state index contributed by atoms with van der Waals surface area (Å²) in [6.07, 6.45) is 5.28. The predicted molar refractivity (Wildman–Crippen MR) is 87.1 cm³/mol. The van der Waals surface area contributed by atoms with Gasteiger partial charge in [0.25, 0.3) is 5.91 Å². The number of pyridine rings is 1. The fourth-order valence-corrected chi connectivity index (χ4v) is 2.28. The van der Waals surface area contributed by atoms with Crippen molar-refractivity contribution in [2.75, 3.05) is 11.9 Å². The summed E-state index contributed by atoms with van der Waals surface area (Å²) in [6.45, 7) is 2.59. The van der Waals surface area contributed by atoms with E-state index in [1.165, 1.54) is 0 Å². The molecule has 112 valence electrons. The number of hydrogen-bond acceptors (Lipinski definition) is 3. The number of anilines is 1. The Hall–Kier alpha value is -2.82. The molecule has 22 heavy (non-hydrogen) atoms. The van der Waals surface area contributed by atoms with Crippen molar-refractivity contribution in [2.45, 2.75) is 13.0 Å². The van der Waals surface area contributed by atoms with Gasteiger partial charge in [-0.2, -0.15) is 0 Å². The summed E-state index contributed by atoms with van der Waals surface area (Å²) in [5.74, 6) is -0.0783. The van der Waals surface area contributed by atoms with Crippen LogP contribution in [0.15, 0.2) is 61.2 Å². The van der Waals surface area contributed by atoms with Crippen LogP contribution in [0.4, 0.5) is 5.69 Å². The zero-order chi connectivity index (χ0) is 15.4. The fourth-order valence-electron chi connectivity index (χ4n) is 2.28. The molecule has 1 atom stereocenters. The van der Waals surface area contributed by atoms with Crippen molar-refractivity contribution in [3.63, 3.8) is 0 Å². The summed E-state index contributed by atoms with van der Waals surface area (Å²) in [6, 6.07) is 13.7. The molecule has 0 unspecified atom stereocenters. The standard InChI is InChI=1S/C17H18N4O/c1-13(20-15-5-3-2-4-6-15)10-19-17(22)14-7-8-21-12-18-11-16(21)9-14/h2-9,11-13,20H,10H2,1H3,(H,19,22)/t13-/m1/s1. The average Bonchev–Trinajstić information content (AvgIpc) is 3.01. The Morgan fingerprint density at radius 2 is 2.09 bits per heavy atom. The highest BCUT2D eigenvalue weighted by Gasteiger charge is 2.08. The van der Waals surface area contributed by atoms with Gasteiger partial charge in [-0.1, -0.05) is 18.2 Å². The first kappa shape index (κ1) is 14.1.